The second-order valence-electron chi connectivity index (χ2n) is 7.26. The van der Waals surface area contributed by atoms with E-state index in [4.69, 9.17) is 4.74 Å². The third-order valence-electron chi connectivity index (χ3n) is 3.66. The first-order valence-corrected chi connectivity index (χ1v) is 8.23. The van der Waals surface area contributed by atoms with Crippen LogP contribution in [0.4, 0.5) is 29.7 Å². The van der Waals surface area contributed by atoms with Gasteiger partial charge in [0.25, 0.3) is 0 Å². The summed E-state index contributed by atoms with van der Waals surface area (Å²) in [5.41, 5.74) is -1.58. The number of hydrogen-bond donors (Lipinski definition) is 0. The van der Waals surface area contributed by atoms with E-state index in [2.05, 4.69) is 9.97 Å². The number of alkyl halides is 3. The fraction of sp³-hybridized carbons (Fsp3) is 0.688. The number of halogens is 3. The Hall–Kier alpha value is -2.26. The van der Waals surface area contributed by atoms with Crippen LogP contribution in [0.25, 0.3) is 0 Å². The smallest absolute Gasteiger partial charge is 0.433 e. The maximum atomic E-state index is 13.1. The molecule has 0 aliphatic carbocycles. The molecule has 1 amide bonds. The van der Waals surface area contributed by atoms with Crippen LogP contribution in [0.15, 0.2) is 6.07 Å². The third-order valence-corrected chi connectivity index (χ3v) is 3.66. The van der Waals surface area contributed by atoms with Gasteiger partial charge in [-0.2, -0.15) is 18.2 Å². The molecule has 1 fully saturated rings. The van der Waals surface area contributed by atoms with Gasteiger partial charge in [-0.25, -0.2) is 9.78 Å². The molecule has 0 saturated carbocycles. The summed E-state index contributed by atoms with van der Waals surface area (Å²) < 4.78 is 44.6. The Morgan fingerprint density at radius 3 is 2.15 bits per heavy atom. The van der Waals surface area contributed by atoms with Gasteiger partial charge in [0.2, 0.25) is 5.95 Å². The molecule has 1 aromatic rings. The summed E-state index contributed by atoms with van der Waals surface area (Å²) in [6, 6.07) is 0.917. The van der Waals surface area contributed by atoms with Crippen LogP contribution in [-0.2, 0) is 10.9 Å². The van der Waals surface area contributed by atoms with Gasteiger partial charge in [-0.1, -0.05) is 0 Å². The van der Waals surface area contributed by atoms with E-state index in [9.17, 15) is 18.0 Å². The molecule has 0 spiro atoms. The van der Waals surface area contributed by atoms with Gasteiger partial charge in [-0.05, 0) is 20.8 Å². The maximum Gasteiger partial charge on any atom is 0.433 e. The lowest BCUT2D eigenvalue weighted by Crippen LogP contribution is -2.50. The van der Waals surface area contributed by atoms with Crippen molar-refractivity contribution in [3.8, 4) is 0 Å². The van der Waals surface area contributed by atoms with Crippen LogP contribution in [0.5, 0.6) is 0 Å². The molecule has 0 N–H and O–H groups in total. The van der Waals surface area contributed by atoms with E-state index < -0.39 is 23.6 Å². The molecule has 0 atom stereocenters. The van der Waals surface area contributed by atoms with Crippen LogP contribution in [0.3, 0.4) is 0 Å². The standard InChI is InChI=1S/C16H24F3N5O2/c1-15(2,3)26-14(25)24-8-6-23(7-9-24)13-20-11(16(17,18)19)10-12(21-13)22(4)5/h10H,6-9H2,1-5H3. The van der Waals surface area contributed by atoms with Gasteiger partial charge in [-0.15, -0.1) is 0 Å². The summed E-state index contributed by atoms with van der Waals surface area (Å²) in [6.07, 6.45) is -4.99. The van der Waals surface area contributed by atoms with Crippen LogP contribution in [0.2, 0.25) is 0 Å². The largest absolute Gasteiger partial charge is 0.444 e. The molecule has 10 heteroatoms. The highest BCUT2D eigenvalue weighted by Crippen LogP contribution is 2.31. The number of aromatic nitrogens is 2. The van der Waals surface area contributed by atoms with Crippen LogP contribution >= 0.6 is 0 Å². The van der Waals surface area contributed by atoms with E-state index in [0.29, 0.717) is 26.2 Å². The van der Waals surface area contributed by atoms with Crippen LogP contribution in [0.1, 0.15) is 26.5 Å². The van der Waals surface area contributed by atoms with Crippen LogP contribution < -0.4 is 9.80 Å². The molecular formula is C16H24F3N5O2. The Morgan fingerprint density at radius 2 is 1.69 bits per heavy atom. The highest BCUT2D eigenvalue weighted by atomic mass is 19.4. The molecule has 146 valence electrons. The number of carbonyl (C=O) groups excluding carboxylic acids is 1. The molecule has 7 nitrogen and oxygen atoms in total. The van der Waals surface area contributed by atoms with Gasteiger partial charge in [0, 0.05) is 46.3 Å². The Balaban J connectivity index is 2.13. The van der Waals surface area contributed by atoms with E-state index in [0.717, 1.165) is 6.07 Å². The van der Waals surface area contributed by atoms with E-state index in [1.807, 2.05) is 0 Å². The summed E-state index contributed by atoms with van der Waals surface area (Å²) in [5, 5.41) is 0. The van der Waals surface area contributed by atoms with Crippen molar-refractivity contribution in [1.29, 1.82) is 0 Å². The normalized spacial score (nSPS) is 15.8. The van der Waals surface area contributed by atoms with Crippen molar-refractivity contribution in [1.82, 2.24) is 14.9 Å². The Kier molecular flexibility index (Phi) is 5.52. The van der Waals surface area contributed by atoms with Gasteiger partial charge in [0.1, 0.15) is 11.4 Å². The van der Waals surface area contributed by atoms with E-state index in [1.165, 1.54) is 9.80 Å². The number of rotatable bonds is 2. The Labute approximate surface area is 150 Å². The van der Waals surface area contributed by atoms with Gasteiger partial charge < -0.3 is 19.4 Å². The molecule has 1 aliphatic rings. The van der Waals surface area contributed by atoms with Crippen molar-refractivity contribution in [3.05, 3.63) is 11.8 Å². The number of ether oxygens (including phenoxy) is 1. The predicted octanol–water partition coefficient (Wildman–Crippen LogP) is 2.62. The number of amides is 1. The molecule has 0 radical (unpaired) electrons. The number of nitrogens with zero attached hydrogens (tertiary/aromatic N) is 5. The summed E-state index contributed by atoms with van der Waals surface area (Å²) in [4.78, 5) is 24.6. The second-order valence-corrected chi connectivity index (χ2v) is 7.26. The molecule has 1 aliphatic heterocycles. The number of anilines is 2. The first-order valence-electron chi connectivity index (χ1n) is 8.23. The predicted molar refractivity (Wildman–Crippen MR) is 91.4 cm³/mol. The van der Waals surface area contributed by atoms with Crippen molar-refractivity contribution in [2.45, 2.75) is 32.5 Å². The van der Waals surface area contributed by atoms with Crippen molar-refractivity contribution in [2.75, 3.05) is 50.1 Å². The fourth-order valence-electron chi connectivity index (χ4n) is 2.35. The Bertz CT molecular complexity index is 650. The van der Waals surface area contributed by atoms with Gasteiger partial charge in [-0.3, -0.25) is 0 Å². The zero-order chi connectivity index (χ0) is 19.7. The topological polar surface area (TPSA) is 61.8 Å². The Morgan fingerprint density at radius 1 is 1.12 bits per heavy atom. The molecule has 0 unspecified atom stereocenters. The van der Waals surface area contributed by atoms with E-state index in [1.54, 1.807) is 39.8 Å². The van der Waals surface area contributed by atoms with Crippen molar-refractivity contribution < 1.29 is 22.7 Å². The number of piperazine rings is 1. The summed E-state index contributed by atoms with van der Waals surface area (Å²) in [6.45, 7) is 6.64. The van der Waals surface area contributed by atoms with Gasteiger partial charge >= 0.3 is 12.3 Å². The highest BCUT2D eigenvalue weighted by molar-refractivity contribution is 5.68. The van der Waals surface area contributed by atoms with Crippen molar-refractivity contribution in [2.24, 2.45) is 0 Å². The number of hydrogen-bond acceptors (Lipinski definition) is 6. The van der Waals surface area contributed by atoms with Gasteiger partial charge in [0.05, 0.1) is 0 Å². The highest BCUT2D eigenvalue weighted by Gasteiger charge is 2.35. The zero-order valence-electron chi connectivity index (χ0n) is 15.6. The van der Waals surface area contributed by atoms with Crippen molar-refractivity contribution in [3.63, 3.8) is 0 Å². The fourth-order valence-corrected chi connectivity index (χ4v) is 2.35. The first-order chi connectivity index (χ1) is 11.9. The van der Waals surface area contributed by atoms with Crippen LogP contribution in [-0.4, -0.2) is 66.8 Å². The monoisotopic (exact) mass is 375 g/mol. The minimum absolute atomic E-state index is 0.00682. The van der Waals surface area contributed by atoms with E-state index in [-0.39, 0.29) is 11.8 Å². The lowest BCUT2D eigenvalue weighted by atomic mass is 10.2. The summed E-state index contributed by atoms with van der Waals surface area (Å²) >= 11 is 0. The molecule has 1 aromatic heterocycles. The minimum atomic E-state index is -4.55. The maximum absolute atomic E-state index is 13.1. The number of carbonyl (C=O) groups is 1. The second kappa shape index (κ2) is 7.16. The minimum Gasteiger partial charge on any atom is -0.444 e. The molecule has 0 aromatic carbocycles. The molecule has 0 bridgehead atoms. The zero-order valence-corrected chi connectivity index (χ0v) is 15.6. The lowest BCUT2D eigenvalue weighted by Gasteiger charge is -2.35. The summed E-state index contributed by atoms with van der Waals surface area (Å²) in [7, 11) is 3.24. The summed E-state index contributed by atoms with van der Waals surface area (Å²) in [5.74, 6) is 0.185. The van der Waals surface area contributed by atoms with Gasteiger partial charge in [0.15, 0.2) is 5.69 Å². The molecule has 26 heavy (non-hydrogen) atoms. The molecular weight excluding hydrogens is 351 g/mol. The average molecular weight is 375 g/mol. The average Bonchev–Trinajstić information content (AvgIpc) is 2.52. The quantitative estimate of drug-likeness (QED) is 0.792. The van der Waals surface area contributed by atoms with Crippen molar-refractivity contribution >= 4 is 17.9 Å². The first kappa shape index (κ1) is 20.1. The third kappa shape index (κ3) is 5.12. The SMILES string of the molecule is CN(C)c1cc(C(F)(F)F)nc(N2CCN(C(=O)OC(C)(C)C)CC2)n1. The molecule has 1 saturated heterocycles. The van der Waals surface area contributed by atoms with E-state index >= 15 is 0 Å². The van der Waals surface area contributed by atoms with Crippen LogP contribution in [0, 0.1) is 0 Å². The molecule has 2 rings (SSSR count). The lowest BCUT2D eigenvalue weighted by molar-refractivity contribution is -0.141. The molecule has 2 heterocycles.